The van der Waals surface area contributed by atoms with Crippen molar-refractivity contribution < 1.29 is 13.2 Å². The summed E-state index contributed by atoms with van der Waals surface area (Å²) in [5.41, 5.74) is 3.03. The molecule has 0 fully saturated rings. The molecule has 1 aliphatic heterocycles. The summed E-state index contributed by atoms with van der Waals surface area (Å²) in [6.07, 6.45) is 2.27. The van der Waals surface area contributed by atoms with Gasteiger partial charge in [0.05, 0.1) is 4.91 Å². The highest BCUT2D eigenvalue weighted by Gasteiger charge is 2.24. The van der Waals surface area contributed by atoms with Gasteiger partial charge in [-0.15, -0.1) is 0 Å². The van der Waals surface area contributed by atoms with Crippen LogP contribution in [0.3, 0.4) is 0 Å². The number of hydrogen-bond donors (Lipinski definition) is 1. The van der Waals surface area contributed by atoms with Crippen molar-refractivity contribution in [1.29, 1.82) is 0 Å². The summed E-state index contributed by atoms with van der Waals surface area (Å²) in [5.74, 6) is 0. The second kappa shape index (κ2) is 7.11. The Balaban J connectivity index is 1.71. The minimum absolute atomic E-state index is 0.101. The van der Waals surface area contributed by atoms with Crippen molar-refractivity contribution >= 4 is 22.1 Å². The third kappa shape index (κ3) is 4.09. The number of rotatable bonds is 3. The molecule has 5 nitrogen and oxygen atoms in total. The van der Waals surface area contributed by atoms with Crippen LogP contribution in [0, 0.1) is 0 Å². The third-order valence-electron chi connectivity index (χ3n) is 4.23. The van der Waals surface area contributed by atoms with Crippen LogP contribution in [0.2, 0.25) is 0 Å². The molecular formula is C19H20N2O3S. The van der Waals surface area contributed by atoms with Gasteiger partial charge in [-0.3, -0.25) is 0 Å². The van der Waals surface area contributed by atoms with E-state index in [1.807, 2.05) is 54.6 Å². The van der Waals surface area contributed by atoms with Gasteiger partial charge in [0, 0.05) is 13.1 Å². The van der Waals surface area contributed by atoms with E-state index in [9.17, 15) is 13.2 Å². The minimum atomic E-state index is -3.86. The second-order valence-corrected chi connectivity index (χ2v) is 7.87. The van der Waals surface area contributed by atoms with Crippen molar-refractivity contribution in [3.05, 3.63) is 76.2 Å². The molecule has 0 atom stereocenters. The van der Waals surface area contributed by atoms with Gasteiger partial charge in [-0.25, -0.2) is 17.9 Å². The number of nitrogens with zero attached hydrogens (tertiary/aromatic N) is 1. The molecule has 2 amide bonds. The maximum Gasteiger partial charge on any atom is 0.331 e. The molecule has 0 saturated carbocycles. The first-order chi connectivity index (χ1) is 12.0. The van der Waals surface area contributed by atoms with E-state index >= 15 is 0 Å². The highest BCUT2D eigenvalue weighted by molar-refractivity contribution is 7.94. The number of carbonyl (C=O) groups excluding carboxylic acids is 1. The van der Waals surface area contributed by atoms with Gasteiger partial charge in [0.2, 0.25) is 0 Å². The maximum atomic E-state index is 12.4. The van der Waals surface area contributed by atoms with Crippen LogP contribution < -0.4 is 4.72 Å². The summed E-state index contributed by atoms with van der Waals surface area (Å²) in [5, 5.41) is 0. The van der Waals surface area contributed by atoms with E-state index in [0.29, 0.717) is 13.1 Å². The molecular weight excluding hydrogens is 336 g/mol. The molecule has 1 aliphatic rings. The lowest BCUT2D eigenvalue weighted by atomic mass is 10.0. The lowest BCUT2D eigenvalue weighted by Crippen LogP contribution is -2.45. The van der Waals surface area contributed by atoms with Crippen LogP contribution in [0.4, 0.5) is 4.79 Å². The molecule has 2 aromatic carbocycles. The standard InChI is InChI=1S/C19H20N2O3S/c1-15(13-16-7-3-2-4-8-16)25(23,24)20-19(22)21-12-11-17-9-5-6-10-18(17)14-21/h2-10,13H,11-12,14H2,1H3,(H,20,22)/b15-13+. The van der Waals surface area contributed by atoms with Gasteiger partial charge < -0.3 is 4.90 Å². The summed E-state index contributed by atoms with van der Waals surface area (Å²) in [6, 6.07) is 16.4. The van der Waals surface area contributed by atoms with Crippen LogP contribution in [-0.2, 0) is 23.0 Å². The number of hydrogen-bond acceptors (Lipinski definition) is 3. The Labute approximate surface area is 148 Å². The summed E-state index contributed by atoms with van der Waals surface area (Å²) >= 11 is 0. The fraction of sp³-hybridized carbons (Fsp3) is 0.211. The molecule has 2 aromatic rings. The van der Waals surface area contributed by atoms with Crippen molar-refractivity contribution in [3.63, 3.8) is 0 Å². The molecule has 1 N–H and O–H groups in total. The molecule has 6 heteroatoms. The normalized spacial score (nSPS) is 14.8. The van der Waals surface area contributed by atoms with E-state index in [1.54, 1.807) is 6.08 Å². The monoisotopic (exact) mass is 356 g/mol. The zero-order chi connectivity index (χ0) is 17.9. The Bertz CT molecular complexity index is 905. The molecule has 0 spiro atoms. The lowest BCUT2D eigenvalue weighted by Gasteiger charge is -2.28. The molecule has 0 radical (unpaired) electrons. The molecule has 0 unspecified atom stereocenters. The smallest absolute Gasteiger partial charge is 0.319 e. The highest BCUT2D eigenvalue weighted by Crippen LogP contribution is 2.19. The predicted molar refractivity (Wildman–Crippen MR) is 98.1 cm³/mol. The molecule has 25 heavy (non-hydrogen) atoms. The van der Waals surface area contributed by atoms with Gasteiger partial charge in [-0.1, -0.05) is 54.6 Å². The fourth-order valence-electron chi connectivity index (χ4n) is 2.79. The molecule has 130 valence electrons. The van der Waals surface area contributed by atoms with Crippen LogP contribution in [-0.4, -0.2) is 25.9 Å². The van der Waals surface area contributed by atoms with E-state index < -0.39 is 16.1 Å². The molecule has 0 aromatic heterocycles. The van der Waals surface area contributed by atoms with E-state index in [-0.39, 0.29) is 4.91 Å². The van der Waals surface area contributed by atoms with Crippen LogP contribution in [0.5, 0.6) is 0 Å². The van der Waals surface area contributed by atoms with Crippen LogP contribution in [0.25, 0.3) is 6.08 Å². The highest BCUT2D eigenvalue weighted by atomic mass is 32.2. The second-order valence-electron chi connectivity index (χ2n) is 6.02. The molecule has 0 saturated heterocycles. The minimum Gasteiger partial charge on any atom is -0.319 e. The van der Waals surface area contributed by atoms with Gasteiger partial charge in [-0.05, 0) is 36.1 Å². The number of nitrogens with one attached hydrogen (secondary N) is 1. The average Bonchev–Trinajstić information content (AvgIpc) is 2.61. The largest absolute Gasteiger partial charge is 0.331 e. The Kier molecular flexibility index (Phi) is 4.90. The molecule has 0 bridgehead atoms. The summed E-state index contributed by atoms with van der Waals surface area (Å²) in [4.78, 5) is 14.0. The quantitative estimate of drug-likeness (QED) is 0.919. The summed E-state index contributed by atoms with van der Waals surface area (Å²) < 4.78 is 27.0. The van der Waals surface area contributed by atoms with E-state index in [1.165, 1.54) is 17.4 Å². The maximum absolute atomic E-state index is 12.4. The molecule has 1 heterocycles. The number of carbonyl (C=O) groups is 1. The Morgan fingerprint density at radius 2 is 1.68 bits per heavy atom. The Morgan fingerprint density at radius 3 is 2.40 bits per heavy atom. The van der Waals surface area contributed by atoms with Gasteiger partial charge in [0.15, 0.2) is 0 Å². The van der Waals surface area contributed by atoms with Crippen molar-refractivity contribution in [3.8, 4) is 0 Å². The number of benzene rings is 2. The van der Waals surface area contributed by atoms with Crippen molar-refractivity contribution in [2.75, 3.05) is 6.54 Å². The van der Waals surface area contributed by atoms with E-state index in [2.05, 4.69) is 4.72 Å². The van der Waals surface area contributed by atoms with E-state index in [4.69, 9.17) is 0 Å². The zero-order valence-corrected chi connectivity index (χ0v) is 14.8. The van der Waals surface area contributed by atoms with Gasteiger partial charge in [0.25, 0.3) is 10.0 Å². The first-order valence-electron chi connectivity index (χ1n) is 8.07. The molecule has 3 rings (SSSR count). The van der Waals surface area contributed by atoms with Crippen molar-refractivity contribution in [2.24, 2.45) is 0 Å². The van der Waals surface area contributed by atoms with Gasteiger partial charge in [0.1, 0.15) is 0 Å². The topological polar surface area (TPSA) is 66.5 Å². The van der Waals surface area contributed by atoms with Crippen molar-refractivity contribution in [2.45, 2.75) is 19.9 Å². The van der Waals surface area contributed by atoms with Crippen LogP contribution in [0.1, 0.15) is 23.6 Å². The number of allylic oxidation sites excluding steroid dienone is 1. The summed E-state index contributed by atoms with van der Waals surface area (Å²) in [7, 11) is -3.86. The number of fused-ring (bicyclic) bond motifs is 1. The number of amides is 2. The lowest BCUT2D eigenvalue weighted by molar-refractivity contribution is 0.198. The van der Waals surface area contributed by atoms with Gasteiger partial charge >= 0.3 is 6.03 Å². The first-order valence-corrected chi connectivity index (χ1v) is 9.56. The fourth-order valence-corrected chi connectivity index (χ4v) is 3.60. The predicted octanol–water partition coefficient (Wildman–Crippen LogP) is 3.15. The van der Waals surface area contributed by atoms with Crippen molar-refractivity contribution in [1.82, 2.24) is 9.62 Å². The summed E-state index contributed by atoms with van der Waals surface area (Å²) in [6.45, 7) is 2.40. The SMILES string of the molecule is C/C(=C\c1ccccc1)S(=O)(=O)NC(=O)N1CCc2ccccc2C1. The number of sulfonamides is 1. The Hall–Kier alpha value is -2.60. The third-order valence-corrected chi connectivity index (χ3v) is 5.64. The Morgan fingerprint density at radius 1 is 1.04 bits per heavy atom. The van der Waals surface area contributed by atoms with Crippen LogP contribution >= 0.6 is 0 Å². The number of urea groups is 1. The molecule has 0 aliphatic carbocycles. The van der Waals surface area contributed by atoms with Gasteiger partial charge in [-0.2, -0.15) is 0 Å². The first kappa shape index (κ1) is 17.2. The average molecular weight is 356 g/mol. The van der Waals surface area contributed by atoms with Crippen LogP contribution in [0.15, 0.2) is 59.5 Å². The zero-order valence-electron chi connectivity index (χ0n) is 14.0. The van der Waals surface area contributed by atoms with E-state index in [0.717, 1.165) is 17.5 Å².